The van der Waals surface area contributed by atoms with Gasteiger partial charge in [-0.3, -0.25) is 4.79 Å². The molecule has 0 aliphatic heterocycles. The summed E-state index contributed by atoms with van der Waals surface area (Å²) in [5.74, 6) is -0.500. The van der Waals surface area contributed by atoms with E-state index in [4.69, 9.17) is 21.1 Å². The molecule has 2 aromatic carbocycles. The SMILES string of the molecule is CCOc1ccc(Br)cc1C(=O)OCC(=O)c1ccc(Cl)cc1. The molecule has 0 aromatic heterocycles. The van der Waals surface area contributed by atoms with Crippen LogP contribution in [0.1, 0.15) is 27.6 Å². The average Bonchev–Trinajstić information content (AvgIpc) is 2.54. The number of hydrogen-bond acceptors (Lipinski definition) is 4. The predicted molar refractivity (Wildman–Crippen MR) is 91.4 cm³/mol. The second-order valence-electron chi connectivity index (χ2n) is 4.58. The second-order valence-corrected chi connectivity index (χ2v) is 5.93. The smallest absolute Gasteiger partial charge is 0.342 e. The first-order chi connectivity index (χ1) is 11.0. The van der Waals surface area contributed by atoms with Crippen LogP contribution in [0.25, 0.3) is 0 Å². The van der Waals surface area contributed by atoms with Crippen LogP contribution >= 0.6 is 27.5 Å². The molecule has 0 atom stereocenters. The van der Waals surface area contributed by atoms with Crippen molar-refractivity contribution in [2.45, 2.75) is 6.92 Å². The van der Waals surface area contributed by atoms with Crippen LogP contribution in [-0.4, -0.2) is 25.0 Å². The molecule has 0 saturated carbocycles. The fourth-order valence-electron chi connectivity index (χ4n) is 1.87. The van der Waals surface area contributed by atoms with Gasteiger partial charge in [-0.05, 0) is 49.4 Å². The first kappa shape index (κ1) is 17.5. The molecule has 120 valence electrons. The zero-order chi connectivity index (χ0) is 16.8. The summed E-state index contributed by atoms with van der Waals surface area (Å²) in [6, 6.07) is 11.4. The van der Waals surface area contributed by atoms with Crippen molar-refractivity contribution in [3.8, 4) is 5.75 Å². The third-order valence-corrected chi connectivity index (χ3v) is 3.71. The second kappa shape index (κ2) is 8.13. The maximum Gasteiger partial charge on any atom is 0.342 e. The monoisotopic (exact) mass is 396 g/mol. The van der Waals surface area contributed by atoms with Gasteiger partial charge in [0.2, 0.25) is 0 Å². The summed E-state index contributed by atoms with van der Waals surface area (Å²) in [4.78, 5) is 24.2. The third-order valence-electron chi connectivity index (χ3n) is 2.96. The summed E-state index contributed by atoms with van der Waals surface area (Å²) >= 11 is 9.07. The number of halogens is 2. The third kappa shape index (κ3) is 4.81. The van der Waals surface area contributed by atoms with Gasteiger partial charge in [-0.2, -0.15) is 0 Å². The Balaban J connectivity index is 2.06. The van der Waals surface area contributed by atoms with Gasteiger partial charge in [0.05, 0.1) is 6.61 Å². The fraction of sp³-hybridized carbons (Fsp3) is 0.176. The molecule has 0 aliphatic carbocycles. The summed E-state index contributed by atoms with van der Waals surface area (Å²) in [5.41, 5.74) is 0.701. The van der Waals surface area contributed by atoms with Crippen LogP contribution in [0.15, 0.2) is 46.9 Å². The topological polar surface area (TPSA) is 52.6 Å². The Morgan fingerprint density at radius 3 is 2.48 bits per heavy atom. The standard InChI is InChI=1S/C17H14BrClO4/c1-2-22-16-8-5-12(18)9-14(16)17(21)23-10-15(20)11-3-6-13(19)7-4-11/h3-9H,2,10H2,1H3. The molecule has 0 fully saturated rings. The highest BCUT2D eigenvalue weighted by Gasteiger charge is 2.17. The Morgan fingerprint density at radius 2 is 1.83 bits per heavy atom. The number of hydrogen-bond donors (Lipinski definition) is 0. The molecule has 0 heterocycles. The molecule has 0 spiro atoms. The first-order valence-electron chi connectivity index (χ1n) is 6.89. The van der Waals surface area contributed by atoms with Gasteiger partial charge in [-0.25, -0.2) is 4.79 Å². The molecule has 0 N–H and O–H groups in total. The number of esters is 1. The van der Waals surface area contributed by atoms with Gasteiger partial charge in [0.15, 0.2) is 12.4 Å². The van der Waals surface area contributed by atoms with Crippen molar-refractivity contribution in [2.24, 2.45) is 0 Å². The molecule has 2 rings (SSSR count). The molecule has 23 heavy (non-hydrogen) atoms. The van der Waals surface area contributed by atoms with Crippen molar-refractivity contribution >= 4 is 39.3 Å². The van der Waals surface area contributed by atoms with E-state index in [9.17, 15) is 9.59 Å². The molecule has 0 saturated heterocycles. The number of Topliss-reactive ketones (excluding diaryl/α,β-unsaturated/α-hetero) is 1. The largest absolute Gasteiger partial charge is 0.493 e. The number of carbonyl (C=O) groups excluding carboxylic acids is 2. The summed E-state index contributed by atoms with van der Waals surface area (Å²) in [7, 11) is 0. The van der Waals surface area contributed by atoms with Crippen molar-refractivity contribution in [3.63, 3.8) is 0 Å². The number of carbonyl (C=O) groups is 2. The summed E-state index contributed by atoms with van der Waals surface area (Å²) in [6.45, 7) is 1.89. The van der Waals surface area contributed by atoms with Crippen LogP contribution in [0, 0.1) is 0 Å². The van der Waals surface area contributed by atoms with E-state index in [1.54, 1.807) is 42.5 Å². The van der Waals surface area contributed by atoms with Gasteiger partial charge in [-0.15, -0.1) is 0 Å². The quantitative estimate of drug-likeness (QED) is 0.530. The molecule has 0 aliphatic rings. The number of rotatable bonds is 6. The van der Waals surface area contributed by atoms with Crippen molar-refractivity contribution in [2.75, 3.05) is 13.2 Å². The number of ether oxygens (including phenoxy) is 2. The molecule has 6 heteroatoms. The maximum absolute atomic E-state index is 12.2. The molecule has 0 unspecified atom stereocenters. The van der Waals surface area contributed by atoms with Crippen molar-refractivity contribution < 1.29 is 19.1 Å². The molecule has 0 bridgehead atoms. The highest BCUT2D eigenvalue weighted by atomic mass is 79.9. The fourth-order valence-corrected chi connectivity index (χ4v) is 2.36. The number of ketones is 1. The molecule has 0 amide bonds. The average molecular weight is 398 g/mol. The maximum atomic E-state index is 12.2. The van der Waals surface area contributed by atoms with Gasteiger partial charge in [-0.1, -0.05) is 27.5 Å². The van der Waals surface area contributed by atoms with Crippen LogP contribution in [0.4, 0.5) is 0 Å². The number of benzene rings is 2. The Bertz CT molecular complexity index is 713. The Labute approximate surface area is 147 Å². The van der Waals surface area contributed by atoms with Crippen LogP contribution in [-0.2, 0) is 4.74 Å². The van der Waals surface area contributed by atoms with E-state index in [-0.39, 0.29) is 18.0 Å². The summed E-state index contributed by atoms with van der Waals surface area (Å²) < 4.78 is 11.2. The van der Waals surface area contributed by atoms with Gasteiger partial charge < -0.3 is 9.47 Å². The highest BCUT2D eigenvalue weighted by Crippen LogP contribution is 2.24. The molecule has 2 aromatic rings. The predicted octanol–water partition coefficient (Wildman–Crippen LogP) is 4.54. The van der Waals surface area contributed by atoms with Crippen LogP contribution in [0.3, 0.4) is 0 Å². The minimum Gasteiger partial charge on any atom is -0.493 e. The first-order valence-corrected chi connectivity index (χ1v) is 8.06. The van der Waals surface area contributed by atoms with Crippen LogP contribution in [0.2, 0.25) is 5.02 Å². The normalized spacial score (nSPS) is 10.2. The highest BCUT2D eigenvalue weighted by molar-refractivity contribution is 9.10. The molecular formula is C17H14BrClO4. The van der Waals surface area contributed by atoms with Gasteiger partial charge in [0.25, 0.3) is 0 Å². The van der Waals surface area contributed by atoms with E-state index in [0.29, 0.717) is 22.9 Å². The molecule has 0 radical (unpaired) electrons. The Morgan fingerprint density at radius 1 is 1.13 bits per heavy atom. The van der Waals surface area contributed by atoms with Crippen molar-refractivity contribution in [3.05, 3.63) is 63.1 Å². The van der Waals surface area contributed by atoms with E-state index in [1.165, 1.54) is 0 Å². The van der Waals surface area contributed by atoms with E-state index in [2.05, 4.69) is 15.9 Å². The Hall–Kier alpha value is -1.85. The minimum atomic E-state index is -0.614. The zero-order valence-corrected chi connectivity index (χ0v) is 14.7. The van der Waals surface area contributed by atoms with Gasteiger partial charge >= 0.3 is 5.97 Å². The minimum absolute atomic E-state index is 0.269. The van der Waals surface area contributed by atoms with Crippen LogP contribution in [0.5, 0.6) is 5.75 Å². The zero-order valence-electron chi connectivity index (χ0n) is 12.3. The van der Waals surface area contributed by atoms with Crippen molar-refractivity contribution in [1.29, 1.82) is 0 Å². The summed E-state index contributed by atoms with van der Waals surface area (Å²) in [5, 5.41) is 0.536. The van der Waals surface area contributed by atoms with Crippen LogP contribution < -0.4 is 4.74 Å². The van der Waals surface area contributed by atoms with Crippen molar-refractivity contribution in [1.82, 2.24) is 0 Å². The lowest BCUT2D eigenvalue weighted by Gasteiger charge is -2.10. The molecule has 4 nitrogen and oxygen atoms in total. The summed E-state index contributed by atoms with van der Waals surface area (Å²) in [6.07, 6.45) is 0. The van der Waals surface area contributed by atoms with E-state index >= 15 is 0 Å². The Kier molecular flexibility index (Phi) is 6.19. The lowest BCUT2D eigenvalue weighted by atomic mass is 10.1. The lowest BCUT2D eigenvalue weighted by Crippen LogP contribution is -2.15. The van der Waals surface area contributed by atoms with Gasteiger partial charge in [0, 0.05) is 15.1 Å². The van der Waals surface area contributed by atoms with E-state index in [1.807, 2.05) is 6.92 Å². The van der Waals surface area contributed by atoms with E-state index < -0.39 is 5.97 Å². The van der Waals surface area contributed by atoms with E-state index in [0.717, 1.165) is 4.47 Å². The molecular weight excluding hydrogens is 384 g/mol. The lowest BCUT2D eigenvalue weighted by molar-refractivity contribution is 0.0471. The van der Waals surface area contributed by atoms with Gasteiger partial charge in [0.1, 0.15) is 11.3 Å².